The molecule has 2 aliphatic rings. The topological polar surface area (TPSA) is 36.0 Å². The van der Waals surface area contributed by atoms with Crippen molar-refractivity contribution in [1.29, 1.82) is 0 Å². The van der Waals surface area contributed by atoms with Gasteiger partial charge in [0.25, 0.3) is 0 Å². The minimum atomic E-state index is 0.0637. The van der Waals surface area contributed by atoms with Gasteiger partial charge in [0, 0.05) is 18.5 Å². The van der Waals surface area contributed by atoms with Gasteiger partial charge in [-0.25, -0.2) is 0 Å². The van der Waals surface area contributed by atoms with Crippen LogP contribution >= 0.6 is 0 Å². The first-order chi connectivity index (χ1) is 9.30. The van der Waals surface area contributed by atoms with Gasteiger partial charge >= 0.3 is 0 Å². The fraction of sp³-hybridized carbons (Fsp3) is 0.625. The van der Waals surface area contributed by atoms with E-state index in [2.05, 4.69) is 35.2 Å². The highest BCUT2D eigenvalue weighted by atomic mass is 16.6. The second-order valence-corrected chi connectivity index (χ2v) is 6.12. The van der Waals surface area contributed by atoms with E-state index in [1.807, 2.05) is 0 Å². The van der Waals surface area contributed by atoms with E-state index >= 15 is 0 Å². The number of benzene rings is 1. The Labute approximate surface area is 115 Å². The van der Waals surface area contributed by atoms with Crippen LogP contribution in [-0.4, -0.2) is 42.4 Å². The number of aliphatic hydroxyl groups excluding tert-OH is 1. The lowest BCUT2D eigenvalue weighted by atomic mass is 9.77. The molecule has 0 aliphatic carbocycles. The third-order valence-corrected chi connectivity index (χ3v) is 4.39. The summed E-state index contributed by atoms with van der Waals surface area (Å²) < 4.78 is 5.36. The summed E-state index contributed by atoms with van der Waals surface area (Å²) in [7, 11) is 0. The number of ether oxygens (including phenoxy) is 1. The van der Waals surface area contributed by atoms with Crippen molar-refractivity contribution in [3.63, 3.8) is 0 Å². The number of piperidine rings is 1. The Morgan fingerprint density at radius 3 is 2.79 bits per heavy atom. The fourth-order valence-electron chi connectivity index (χ4n) is 3.32. The summed E-state index contributed by atoms with van der Waals surface area (Å²) in [4.78, 5) is 2.48. The number of hydrogen-bond acceptors (Lipinski definition) is 3. The highest BCUT2D eigenvalue weighted by Gasteiger charge is 2.40. The molecule has 1 N–H and O–H groups in total. The van der Waals surface area contributed by atoms with Gasteiger partial charge in [-0.05, 0) is 31.4 Å². The molecule has 0 aromatic heterocycles. The van der Waals surface area contributed by atoms with Crippen LogP contribution in [0, 0.1) is 5.41 Å². The first-order valence-electron chi connectivity index (χ1n) is 7.28. The molecule has 0 bridgehead atoms. The largest absolute Gasteiger partial charge is 0.396 e. The maximum absolute atomic E-state index is 9.82. The van der Waals surface area contributed by atoms with E-state index in [0.29, 0.717) is 6.10 Å². The first-order valence-corrected chi connectivity index (χ1v) is 7.28. The Morgan fingerprint density at radius 2 is 2.11 bits per heavy atom. The zero-order valence-corrected chi connectivity index (χ0v) is 11.4. The summed E-state index contributed by atoms with van der Waals surface area (Å²) in [5.74, 6) is 0. The Balaban J connectivity index is 1.63. The van der Waals surface area contributed by atoms with Crippen LogP contribution in [-0.2, 0) is 11.3 Å². The van der Waals surface area contributed by atoms with Crippen molar-refractivity contribution in [3.05, 3.63) is 35.9 Å². The molecule has 2 saturated heterocycles. The van der Waals surface area contributed by atoms with Gasteiger partial charge in [-0.2, -0.15) is 0 Å². The van der Waals surface area contributed by atoms with Gasteiger partial charge in [0.15, 0.2) is 0 Å². The Morgan fingerprint density at radius 1 is 1.32 bits per heavy atom. The number of nitrogens with zero attached hydrogens (tertiary/aromatic N) is 1. The summed E-state index contributed by atoms with van der Waals surface area (Å²) in [6.45, 7) is 4.31. The highest BCUT2D eigenvalue weighted by Crippen LogP contribution is 2.38. The summed E-state index contributed by atoms with van der Waals surface area (Å²) in [5, 5.41) is 9.82. The predicted molar refractivity (Wildman–Crippen MR) is 74.8 cm³/mol. The van der Waals surface area contributed by atoms with E-state index in [9.17, 15) is 5.11 Å². The van der Waals surface area contributed by atoms with Crippen LogP contribution in [0.2, 0.25) is 0 Å². The van der Waals surface area contributed by atoms with Crippen molar-refractivity contribution in [2.75, 3.05) is 26.3 Å². The van der Waals surface area contributed by atoms with Crippen molar-refractivity contribution in [1.82, 2.24) is 4.90 Å². The first kappa shape index (κ1) is 13.1. The quantitative estimate of drug-likeness (QED) is 0.824. The zero-order chi connectivity index (χ0) is 13.1. The van der Waals surface area contributed by atoms with Gasteiger partial charge < -0.3 is 9.84 Å². The second-order valence-electron chi connectivity index (χ2n) is 6.12. The summed E-state index contributed by atoms with van der Waals surface area (Å²) in [6, 6.07) is 10.6. The SMILES string of the molecule is OC[C@@]1(C[C@H]2CO2)CCCN(Cc2ccccc2)C1. The van der Waals surface area contributed by atoms with Gasteiger partial charge in [-0.3, -0.25) is 4.90 Å². The molecule has 2 atom stereocenters. The Bertz CT molecular complexity index is 404. The van der Waals surface area contributed by atoms with Crippen LogP contribution in [0.4, 0.5) is 0 Å². The van der Waals surface area contributed by atoms with Crippen LogP contribution in [0.25, 0.3) is 0 Å². The van der Waals surface area contributed by atoms with Crippen molar-refractivity contribution in [3.8, 4) is 0 Å². The second kappa shape index (κ2) is 5.61. The molecule has 1 aromatic rings. The minimum absolute atomic E-state index is 0.0637. The van der Waals surface area contributed by atoms with E-state index in [-0.39, 0.29) is 12.0 Å². The predicted octanol–water partition coefficient (Wildman–Crippen LogP) is 2.05. The standard InChI is InChI=1S/C16H23NO2/c18-13-16(9-15-11-19-15)7-4-8-17(12-16)10-14-5-2-1-3-6-14/h1-3,5-6,15,18H,4,7-13H2/t15-,16+/m0/s1. The molecule has 2 heterocycles. The summed E-state index contributed by atoms with van der Waals surface area (Å²) in [6.07, 6.45) is 3.74. The minimum Gasteiger partial charge on any atom is -0.396 e. The number of aliphatic hydroxyl groups is 1. The third-order valence-electron chi connectivity index (χ3n) is 4.39. The molecule has 0 radical (unpaired) electrons. The molecule has 0 unspecified atom stereocenters. The molecular weight excluding hydrogens is 238 g/mol. The molecule has 3 heteroatoms. The number of hydrogen-bond donors (Lipinski definition) is 1. The molecule has 0 amide bonds. The highest BCUT2D eigenvalue weighted by molar-refractivity contribution is 5.14. The summed E-state index contributed by atoms with van der Waals surface area (Å²) in [5.41, 5.74) is 1.42. The average molecular weight is 261 g/mol. The van der Waals surface area contributed by atoms with Crippen molar-refractivity contribution >= 4 is 0 Å². The number of epoxide rings is 1. The number of rotatable bonds is 5. The normalized spacial score (nSPS) is 31.3. The average Bonchev–Trinajstić information content (AvgIpc) is 3.24. The van der Waals surface area contributed by atoms with E-state index in [4.69, 9.17) is 4.74 Å². The number of likely N-dealkylation sites (tertiary alicyclic amines) is 1. The monoisotopic (exact) mass is 261 g/mol. The molecule has 2 aliphatic heterocycles. The van der Waals surface area contributed by atoms with E-state index in [0.717, 1.165) is 39.1 Å². The van der Waals surface area contributed by atoms with Gasteiger partial charge in [-0.15, -0.1) is 0 Å². The fourth-order valence-corrected chi connectivity index (χ4v) is 3.32. The Kier molecular flexibility index (Phi) is 3.87. The molecule has 1 aromatic carbocycles. The van der Waals surface area contributed by atoms with E-state index in [1.165, 1.54) is 12.0 Å². The molecule has 0 saturated carbocycles. The van der Waals surface area contributed by atoms with Crippen molar-refractivity contribution in [2.24, 2.45) is 5.41 Å². The lowest BCUT2D eigenvalue weighted by Gasteiger charge is -2.41. The Hall–Kier alpha value is -0.900. The molecule has 104 valence electrons. The van der Waals surface area contributed by atoms with Gasteiger partial charge in [0.1, 0.15) is 0 Å². The molecule has 3 rings (SSSR count). The molecule has 0 spiro atoms. The maximum atomic E-state index is 9.82. The van der Waals surface area contributed by atoms with Gasteiger partial charge in [0.2, 0.25) is 0 Å². The van der Waals surface area contributed by atoms with Crippen molar-refractivity contribution in [2.45, 2.75) is 31.9 Å². The summed E-state index contributed by atoms with van der Waals surface area (Å²) >= 11 is 0. The molecular formula is C16H23NO2. The molecule has 2 fully saturated rings. The molecule has 3 nitrogen and oxygen atoms in total. The van der Waals surface area contributed by atoms with Crippen LogP contribution < -0.4 is 0 Å². The van der Waals surface area contributed by atoms with E-state index in [1.54, 1.807) is 0 Å². The lowest BCUT2D eigenvalue weighted by molar-refractivity contribution is 0.0168. The molecule has 19 heavy (non-hydrogen) atoms. The maximum Gasteiger partial charge on any atom is 0.0816 e. The van der Waals surface area contributed by atoms with Gasteiger partial charge in [0.05, 0.1) is 19.3 Å². The van der Waals surface area contributed by atoms with Crippen LogP contribution in [0.3, 0.4) is 0 Å². The van der Waals surface area contributed by atoms with Crippen LogP contribution in [0.5, 0.6) is 0 Å². The zero-order valence-electron chi connectivity index (χ0n) is 11.4. The van der Waals surface area contributed by atoms with E-state index < -0.39 is 0 Å². The van der Waals surface area contributed by atoms with Crippen molar-refractivity contribution < 1.29 is 9.84 Å². The lowest BCUT2D eigenvalue weighted by Crippen LogP contribution is -2.45. The third kappa shape index (κ3) is 3.35. The van der Waals surface area contributed by atoms with Crippen LogP contribution in [0.15, 0.2) is 30.3 Å². The van der Waals surface area contributed by atoms with Crippen LogP contribution in [0.1, 0.15) is 24.8 Å². The smallest absolute Gasteiger partial charge is 0.0816 e. The van der Waals surface area contributed by atoms with Gasteiger partial charge in [-0.1, -0.05) is 30.3 Å².